The van der Waals surface area contributed by atoms with Gasteiger partial charge in [-0.05, 0) is 48.7 Å². The van der Waals surface area contributed by atoms with Gasteiger partial charge < -0.3 is 5.32 Å². The summed E-state index contributed by atoms with van der Waals surface area (Å²) in [4.78, 5) is 12.2. The van der Waals surface area contributed by atoms with Crippen molar-refractivity contribution in [3.05, 3.63) is 59.2 Å². The molecule has 0 aliphatic carbocycles. The van der Waals surface area contributed by atoms with E-state index in [1.165, 1.54) is 16.9 Å². The van der Waals surface area contributed by atoms with Crippen LogP contribution in [0, 0.1) is 13.8 Å². The van der Waals surface area contributed by atoms with Gasteiger partial charge in [0.15, 0.2) is 0 Å². The summed E-state index contributed by atoms with van der Waals surface area (Å²) >= 11 is 0. The first-order valence-electron chi connectivity index (χ1n) is 7.57. The first kappa shape index (κ1) is 18.0. The second kappa shape index (κ2) is 7.05. The molecule has 0 atom stereocenters. The number of carbonyl (C=O) groups excluding carboxylic acids is 1. The molecule has 128 valence electrons. The molecule has 6 heteroatoms. The van der Waals surface area contributed by atoms with Gasteiger partial charge in [-0.2, -0.15) is 0 Å². The van der Waals surface area contributed by atoms with E-state index in [0.29, 0.717) is 11.4 Å². The van der Waals surface area contributed by atoms with Gasteiger partial charge in [0.25, 0.3) is 0 Å². The van der Waals surface area contributed by atoms with E-state index in [1.54, 1.807) is 24.3 Å². The molecule has 0 radical (unpaired) electrons. The summed E-state index contributed by atoms with van der Waals surface area (Å²) in [5.74, 6) is -0.141. The number of hydrogen-bond donors (Lipinski definition) is 1. The summed E-state index contributed by atoms with van der Waals surface area (Å²) in [5.41, 5.74) is 4.35. The molecule has 1 N–H and O–H groups in total. The van der Waals surface area contributed by atoms with Crippen LogP contribution in [0.15, 0.2) is 42.5 Å². The Hall–Kier alpha value is -2.34. The molecule has 0 aromatic heterocycles. The molecule has 2 aromatic carbocycles. The van der Waals surface area contributed by atoms with Crippen molar-refractivity contribution in [2.45, 2.75) is 20.3 Å². The van der Waals surface area contributed by atoms with E-state index in [4.69, 9.17) is 0 Å². The number of anilines is 2. The predicted octanol–water partition coefficient (Wildman–Crippen LogP) is 2.88. The van der Waals surface area contributed by atoms with Crippen LogP contribution in [0.1, 0.15) is 16.7 Å². The Morgan fingerprint density at radius 2 is 1.79 bits per heavy atom. The molecule has 0 heterocycles. The van der Waals surface area contributed by atoms with E-state index in [-0.39, 0.29) is 12.3 Å². The van der Waals surface area contributed by atoms with E-state index in [1.807, 2.05) is 32.0 Å². The minimum absolute atomic E-state index is 0.141. The monoisotopic (exact) mass is 346 g/mol. The minimum Gasteiger partial charge on any atom is -0.326 e. The number of carbonyl (C=O) groups is 1. The summed E-state index contributed by atoms with van der Waals surface area (Å²) in [6, 6.07) is 12.7. The number of nitrogens with one attached hydrogen (secondary N) is 1. The van der Waals surface area contributed by atoms with Crippen LogP contribution in [0.5, 0.6) is 0 Å². The zero-order chi connectivity index (χ0) is 17.9. The molecule has 0 bridgehead atoms. The maximum Gasteiger partial charge on any atom is 0.231 e. The highest BCUT2D eigenvalue weighted by molar-refractivity contribution is 7.92. The molecule has 0 saturated carbocycles. The van der Waals surface area contributed by atoms with Crippen LogP contribution in [0.4, 0.5) is 11.4 Å². The number of hydrogen-bond acceptors (Lipinski definition) is 3. The number of rotatable bonds is 5. The third-order valence-corrected chi connectivity index (χ3v) is 5.13. The Morgan fingerprint density at radius 1 is 1.08 bits per heavy atom. The van der Waals surface area contributed by atoms with Gasteiger partial charge in [-0.1, -0.05) is 24.3 Å². The van der Waals surface area contributed by atoms with Crippen LogP contribution in [-0.4, -0.2) is 27.6 Å². The molecule has 0 aliphatic heterocycles. The predicted molar refractivity (Wildman–Crippen MR) is 97.9 cm³/mol. The average molecular weight is 346 g/mol. The highest BCUT2D eigenvalue weighted by Gasteiger charge is 2.13. The van der Waals surface area contributed by atoms with Crippen molar-refractivity contribution >= 4 is 27.3 Å². The smallest absolute Gasteiger partial charge is 0.231 e. The van der Waals surface area contributed by atoms with Crippen LogP contribution in [0.2, 0.25) is 0 Å². The van der Waals surface area contributed by atoms with E-state index in [9.17, 15) is 13.2 Å². The van der Waals surface area contributed by atoms with Crippen LogP contribution in [-0.2, 0) is 21.2 Å². The van der Waals surface area contributed by atoms with Crippen molar-refractivity contribution < 1.29 is 13.2 Å². The van der Waals surface area contributed by atoms with Gasteiger partial charge in [0.1, 0.15) is 0 Å². The van der Waals surface area contributed by atoms with Gasteiger partial charge in [0, 0.05) is 12.7 Å². The Balaban J connectivity index is 2.10. The quantitative estimate of drug-likeness (QED) is 0.905. The summed E-state index contributed by atoms with van der Waals surface area (Å²) < 4.78 is 24.4. The van der Waals surface area contributed by atoms with Crippen molar-refractivity contribution in [1.29, 1.82) is 0 Å². The van der Waals surface area contributed by atoms with E-state index >= 15 is 0 Å². The lowest BCUT2D eigenvalue weighted by atomic mass is 10.0. The SMILES string of the molecule is Cc1ccc(CC(=O)Nc2cccc(N(C)S(C)(=O)=O)c2)cc1C. The first-order valence-corrected chi connectivity index (χ1v) is 9.41. The topological polar surface area (TPSA) is 66.5 Å². The van der Waals surface area contributed by atoms with Gasteiger partial charge in [-0.3, -0.25) is 9.10 Å². The molecule has 5 nitrogen and oxygen atoms in total. The summed E-state index contributed by atoms with van der Waals surface area (Å²) in [5, 5.41) is 2.81. The summed E-state index contributed by atoms with van der Waals surface area (Å²) in [6.07, 6.45) is 1.41. The molecule has 0 unspecified atom stereocenters. The zero-order valence-electron chi connectivity index (χ0n) is 14.3. The summed E-state index contributed by atoms with van der Waals surface area (Å²) in [6.45, 7) is 4.05. The Kier molecular flexibility index (Phi) is 5.29. The maximum atomic E-state index is 12.2. The van der Waals surface area contributed by atoms with E-state index in [2.05, 4.69) is 5.32 Å². The third kappa shape index (κ3) is 4.58. The third-order valence-electron chi connectivity index (χ3n) is 3.93. The minimum atomic E-state index is -3.34. The first-order chi connectivity index (χ1) is 11.2. The fourth-order valence-electron chi connectivity index (χ4n) is 2.28. The number of benzene rings is 2. The standard InChI is InChI=1S/C18H22N2O3S/c1-13-8-9-15(10-14(13)2)11-18(21)19-16-6-5-7-17(12-16)20(3)24(4,22)23/h5-10,12H,11H2,1-4H3,(H,19,21). The Bertz CT molecular complexity index is 860. The molecule has 2 aromatic rings. The van der Waals surface area contributed by atoms with Crippen molar-refractivity contribution in [1.82, 2.24) is 0 Å². The van der Waals surface area contributed by atoms with Crippen LogP contribution in [0.25, 0.3) is 0 Å². The van der Waals surface area contributed by atoms with Crippen LogP contribution < -0.4 is 9.62 Å². The molecule has 0 aliphatic rings. The Morgan fingerprint density at radius 3 is 2.42 bits per heavy atom. The number of nitrogens with zero attached hydrogens (tertiary/aromatic N) is 1. The molecule has 24 heavy (non-hydrogen) atoms. The lowest BCUT2D eigenvalue weighted by Crippen LogP contribution is -2.25. The highest BCUT2D eigenvalue weighted by atomic mass is 32.2. The molecule has 0 saturated heterocycles. The van der Waals surface area contributed by atoms with Crippen molar-refractivity contribution in [2.75, 3.05) is 22.9 Å². The number of aryl methyl sites for hydroxylation is 2. The largest absolute Gasteiger partial charge is 0.326 e. The molecule has 1 amide bonds. The van der Waals surface area contributed by atoms with Gasteiger partial charge in [-0.15, -0.1) is 0 Å². The van der Waals surface area contributed by atoms with Gasteiger partial charge in [0.05, 0.1) is 18.4 Å². The number of amides is 1. The summed E-state index contributed by atoms with van der Waals surface area (Å²) in [7, 11) is -1.86. The Labute approximate surface area is 143 Å². The van der Waals surface area contributed by atoms with Crippen molar-refractivity contribution in [3.63, 3.8) is 0 Å². The lowest BCUT2D eigenvalue weighted by molar-refractivity contribution is -0.115. The number of sulfonamides is 1. The molecule has 0 spiro atoms. The van der Waals surface area contributed by atoms with Crippen LogP contribution in [0.3, 0.4) is 0 Å². The lowest BCUT2D eigenvalue weighted by Gasteiger charge is -2.17. The van der Waals surface area contributed by atoms with Gasteiger partial charge in [-0.25, -0.2) is 8.42 Å². The molecular weight excluding hydrogens is 324 g/mol. The van der Waals surface area contributed by atoms with E-state index < -0.39 is 10.0 Å². The molecule has 0 fully saturated rings. The second-order valence-electron chi connectivity index (χ2n) is 5.92. The van der Waals surface area contributed by atoms with Crippen molar-refractivity contribution in [2.24, 2.45) is 0 Å². The molecular formula is C18H22N2O3S. The van der Waals surface area contributed by atoms with Gasteiger partial charge >= 0.3 is 0 Å². The normalized spacial score (nSPS) is 11.2. The second-order valence-corrected chi connectivity index (χ2v) is 7.94. The fraction of sp³-hybridized carbons (Fsp3) is 0.278. The van der Waals surface area contributed by atoms with Crippen molar-refractivity contribution in [3.8, 4) is 0 Å². The maximum absolute atomic E-state index is 12.2. The average Bonchev–Trinajstić information content (AvgIpc) is 2.49. The van der Waals surface area contributed by atoms with E-state index in [0.717, 1.165) is 17.4 Å². The fourth-order valence-corrected chi connectivity index (χ4v) is 2.77. The highest BCUT2D eigenvalue weighted by Crippen LogP contribution is 2.20. The molecule has 2 rings (SSSR count). The van der Waals surface area contributed by atoms with Gasteiger partial charge in [0.2, 0.25) is 15.9 Å². The van der Waals surface area contributed by atoms with Crippen LogP contribution >= 0.6 is 0 Å². The zero-order valence-corrected chi connectivity index (χ0v) is 15.1.